The van der Waals surface area contributed by atoms with Gasteiger partial charge in [-0.2, -0.15) is 9.78 Å². The number of nitrogens with one attached hydrogen (secondary N) is 1. The summed E-state index contributed by atoms with van der Waals surface area (Å²) in [6, 6.07) is 3.17. The van der Waals surface area contributed by atoms with E-state index in [-0.39, 0.29) is 17.5 Å². The van der Waals surface area contributed by atoms with Gasteiger partial charge in [-0.3, -0.25) is 9.78 Å². The Morgan fingerprint density at radius 2 is 2.08 bits per heavy atom. The molecule has 0 atom stereocenters. The fraction of sp³-hybridized carbons (Fsp3) is 0.154. The maximum absolute atomic E-state index is 12.0. The Morgan fingerprint density at radius 3 is 2.75 bits per heavy atom. The van der Waals surface area contributed by atoms with Gasteiger partial charge in [-0.1, -0.05) is 5.21 Å². The molecule has 0 radical (unpaired) electrons. The first kappa shape index (κ1) is 15.3. The second-order valence-electron chi connectivity index (χ2n) is 4.78. The number of nitrogens with zero attached hydrogens (tertiary/aromatic N) is 7. The van der Waals surface area contributed by atoms with Gasteiger partial charge >= 0.3 is 0 Å². The fourth-order valence-electron chi connectivity index (χ4n) is 1.96. The van der Waals surface area contributed by atoms with E-state index in [1.54, 1.807) is 26.0 Å². The second kappa shape index (κ2) is 6.24. The number of hydrazone groups is 1. The summed E-state index contributed by atoms with van der Waals surface area (Å²) in [6.45, 7) is 3.45. The fourth-order valence-corrected chi connectivity index (χ4v) is 1.96. The highest BCUT2D eigenvalue weighted by atomic mass is 16.6. The third kappa shape index (κ3) is 2.82. The summed E-state index contributed by atoms with van der Waals surface area (Å²) in [5, 5.41) is 19.2. The summed E-state index contributed by atoms with van der Waals surface area (Å²) in [5.74, 6) is -0.0262. The molecule has 11 nitrogen and oxygen atoms in total. The number of hydrogen-bond donors (Lipinski definition) is 2. The summed E-state index contributed by atoms with van der Waals surface area (Å²) in [5.41, 5.74) is 10.1. The number of pyridine rings is 1. The van der Waals surface area contributed by atoms with Crippen LogP contribution in [-0.2, 0) is 0 Å². The van der Waals surface area contributed by atoms with E-state index in [0.29, 0.717) is 22.7 Å². The van der Waals surface area contributed by atoms with Gasteiger partial charge in [0.15, 0.2) is 0 Å². The van der Waals surface area contributed by atoms with E-state index >= 15 is 0 Å². The topological polar surface area (TPSA) is 150 Å². The summed E-state index contributed by atoms with van der Waals surface area (Å²) < 4.78 is 5.93. The van der Waals surface area contributed by atoms with Crippen molar-refractivity contribution in [2.75, 3.05) is 5.73 Å². The van der Waals surface area contributed by atoms with Crippen molar-refractivity contribution in [2.24, 2.45) is 5.10 Å². The Hall–Kier alpha value is -3.63. The van der Waals surface area contributed by atoms with Gasteiger partial charge in [-0.15, -0.1) is 5.10 Å². The molecule has 0 spiro atoms. The summed E-state index contributed by atoms with van der Waals surface area (Å²) in [4.78, 5) is 15.8. The predicted octanol–water partition coefficient (Wildman–Crippen LogP) is 0.0899. The molecule has 0 aliphatic carbocycles. The Labute approximate surface area is 135 Å². The molecule has 3 aromatic rings. The number of carbonyl (C=O) groups excluding carboxylic acids is 1. The van der Waals surface area contributed by atoms with Crippen molar-refractivity contribution >= 4 is 17.4 Å². The van der Waals surface area contributed by atoms with Crippen LogP contribution in [0, 0.1) is 6.92 Å². The van der Waals surface area contributed by atoms with Crippen LogP contribution in [0.4, 0.5) is 5.82 Å². The van der Waals surface area contributed by atoms with E-state index in [2.05, 4.69) is 40.8 Å². The normalized spacial score (nSPS) is 11.5. The van der Waals surface area contributed by atoms with Crippen LogP contribution in [-0.4, -0.2) is 41.9 Å². The van der Waals surface area contributed by atoms with E-state index in [4.69, 9.17) is 5.73 Å². The standard InChI is InChI=1S/C13H13N9O2/c1-7(16-18-13(23)9-3-5-15-6-4-9)10-8(2)22(21-17-10)12-11(14)19-24-20-12/h3-6H,1-2H3,(H2,14,19)(H,18,23)/b16-7-. The molecule has 0 aliphatic heterocycles. The molecule has 0 aliphatic rings. The van der Waals surface area contributed by atoms with Gasteiger partial charge in [0.2, 0.25) is 11.6 Å². The SMILES string of the molecule is C/C(=N/NC(=O)c1ccncc1)c1nnn(-c2nonc2N)c1C. The predicted molar refractivity (Wildman–Crippen MR) is 82.3 cm³/mol. The monoisotopic (exact) mass is 327 g/mol. The highest BCUT2D eigenvalue weighted by Crippen LogP contribution is 2.14. The first-order valence-corrected chi connectivity index (χ1v) is 6.83. The number of hydrogen-bond acceptors (Lipinski definition) is 9. The molecular weight excluding hydrogens is 314 g/mol. The molecule has 11 heteroatoms. The lowest BCUT2D eigenvalue weighted by atomic mass is 10.2. The molecule has 0 saturated heterocycles. The number of rotatable bonds is 4. The van der Waals surface area contributed by atoms with Crippen molar-refractivity contribution in [1.82, 2.24) is 35.7 Å². The van der Waals surface area contributed by atoms with Gasteiger partial charge in [-0.25, -0.2) is 10.1 Å². The minimum absolute atomic E-state index is 0.0927. The van der Waals surface area contributed by atoms with Crippen molar-refractivity contribution < 1.29 is 9.42 Å². The molecule has 0 bridgehead atoms. The number of amides is 1. The minimum Gasteiger partial charge on any atom is -0.378 e. The molecule has 122 valence electrons. The summed E-state index contributed by atoms with van der Waals surface area (Å²) in [6.07, 6.45) is 3.05. The molecule has 0 aromatic carbocycles. The van der Waals surface area contributed by atoms with Crippen LogP contribution in [0.15, 0.2) is 34.3 Å². The lowest BCUT2D eigenvalue weighted by Gasteiger charge is -2.02. The van der Waals surface area contributed by atoms with Crippen molar-refractivity contribution in [3.05, 3.63) is 41.5 Å². The van der Waals surface area contributed by atoms with Crippen LogP contribution >= 0.6 is 0 Å². The Balaban J connectivity index is 1.81. The minimum atomic E-state index is -0.355. The number of nitrogens with two attached hydrogens (primary N) is 1. The molecule has 3 rings (SSSR count). The molecule has 1 amide bonds. The Kier molecular flexibility index (Phi) is 3.97. The molecule has 0 saturated carbocycles. The number of aromatic nitrogens is 6. The second-order valence-corrected chi connectivity index (χ2v) is 4.78. The quantitative estimate of drug-likeness (QED) is 0.505. The molecule has 3 aromatic heterocycles. The van der Waals surface area contributed by atoms with Crippen LogP contribution in [0.1, 0.15) is 28.7 Å². The third-order valence-electron chi connectivity index (χ3n) is 3.20. The van der Waals surface area contributed by atoms with Crippen molar-refractivity contribution in [1.29, 1.82) is 0 Å². The zero-order chi connectivity index (χ0) is 17.1. The first-order chi connectivity index (χ1) is 11.6. The molecule has 24 heavy (non-hydrogen) atoms. The van der Waals surface area contributed by atoms with Gasteiger partial charge in [0.1, 0.15) is 5.69 Å². The highest BCUT2D eigenvalue weighted by Gasteiger charge is 2.18. The first-order valence-electron chi connectivity index (χ1n) is 6.83. The Morgan fingerprint density at radius 1 is 1.33 bits per heavy atom. The van der Waals surface area contributed by atoms with Gasteiger partial charge in [0, 0.05) is 18.0 Å². The maximum atomic E-state index is 12.0. The van der Waals surface area contributed by atoms with Gasteiger partial charge < -0.3 is 5.73 Å². The van der Waals surface area contributed by atoms with Crippen LogP contribution in [0.3, 0.4) is 0 Å². The molecular formula is C13H13N9O2. The van der Waals surface area contributed by atoms with Gasteiger partial charge in [0.05, 0.1) is 11.4 Å². The van der Waals surface area contributed by atoms with Crippen molar-refractivity contribution in [3.63, 3.8) is 0 Å². The van der Waals surface area contributed by atoms with Crippen molar-refractivity contribution in [3.8, 4) is 5.82 Å². The highest BCUT2D eigenvalue weighted by molar-refractivity contribution is 6.00. The van der Waals surface area contributed by atoms with E-state index in [0.717, 1.165) is 0 Å². The lowest BCUT2D eigenvalue weighted by Crippen LogP contribution is -2.19. The Bertz CT molecular complexity index is 897. The number of anilines is 1. The van der Waals surface area contributed by atoms with Crippen molar-refractivity contribution in [2.45, 2.75) is 13.8 Å². The number of carbonyl (C=O) groups is 1. The average molecular weight is 327 g/mol. The van der Waals surface area contributed by atoms with E-state index in [1.807, 2.05) is 0 Å². The molecule has 0 fully saturated rings. The summed E-state index contributed by atoms with van der Waals surface area (Å²) in [7, 11) is 0. The van der Waals surface area contributed by atoms with E-state index in [9.17, 15) is 4.79 Å². The van der Waals surface area contributed by atoms with Crippen LogP contribution in [0.25, 0.3) is 5.82 Å². The molecule has 3 heterocycles. The smallest absolute Gasteiger partial charge is 0.271 e. The van der Waals surface area contributed by atoms with Gasteiger partial charge in [0.25, 0.3) is 5.91 Å². The van der Waals surface area contributed by atoms with Crippen LogP contribution in [0.5, 0.6) is 0 Å². The van der Waals surface area contributed by atoms with Crippen LogP contribution in [0.2, 0.25) is 0 Å². The maximum Gasteiger partial charge on any atom is 0.271 e. The van der Waals surface area contributed by atoms with E-state index in [1.165, 1.54) is 17.1 Å². The largest absolute Gasteiger partial charge is 0.378 e. The third-order valence-corrected chi connectivity index (χ3v) is 3.20. The average Bonchev–Trinajstić information content (AvgIpc) is 3.18. The summed E-state index contributed by atoms with van der Waals surface area (Å²) >= 11 is 0. The van der Waals surface area contributed by atoms with Crippen LogP contribution < -0.4 is 11.2 Å². The number of nitrogen functional groups attached to an aromatic ring is 1. The molecule has 3 N–H and O–H groups in total. The zero-order valence-corrected chi connectivity index (χ0v) is 12.8. The lowest BCUT2D eigenvalue weighted by molar-refractivity contribution is 0.0954. The van der Waals surface area contributed by atoms with E-state index < -0.39 is 0 Å². The van der Waals surface area contributed by atoms with Gasteiger partial charge in [-0.05, 0) is 36.3 Å². The molecule has 0 unspecified atom stereocenters. The zero-order valence-electron chi connectivity index (χ0n) is 12.8.